The maximum absolute atomic E-state index is 5.30. The van der Waals surface area contributed by atoms with Gasteiger partial charge in [0, 0.05) is 46.7 Å². The molecule has 0 amide bonds. The molecule has 0 spiro atoms. The molecule has 1 aliphatic rings. The van der Waals surface area contributed by atoms with Crippen molar-refractivity contribution in [3.63, 3.8) is 0 Å². The van der Waals surface area contributed by atoms with Crippen LogP contribution in [0.5, 0.6) is 0 Å². The van der Waals surface area contributed by atoms with Gasteiger partial charge < -0.3 is 0 Å². The highest BCUT2D eigenvalue weighted by molar-refractivity contribution is 6.04. The van der Waals surface area contributed by atoms with Gasteiger partial charge in [0.15, 0.2) is 0 Å². The number of nitrogens with zero attached hydrogens (tertiary/aromatic N) is 4. The van der Waals surface area contributed by atoms with E-state index in [0.29, 0.717) is 0 Å². The van der Waals surface area contributed by atoms with Crippen molar-refractivity contribution >= 4 is 32.6 Å². The quantitative estimate of drug-likeness (QED) is 0.168. The van der Waals surface area contributed by atoms with Crippen molar-refractivity contribution in [3.05, 3.63) is 217 Å². The van der Waals surface area contributed by atoms with E-state index >= 15 is 0 Å². The number of benzene rings is 6. The molecule has 4 heteroatoms. The fourth-order valence-corrected chi connectivity index (χ4v) is 8.71. The second-order valence-corrected chi connectivity index (χ2v) is 14.3. The summed E-state index contributed by atoms with van der Waals surface area (Å²) in [4.78, 5) is 19.7. The van der Waals surface area contributed by atoms with Crippen molar-refractivity contribution in [1.82, 2.24) is 19.9 Å². The minimum Gasteiger partial charge on any atom is -0.264 e. The van der Waals surface area contributed by atoms with Crippen molar-refractivity contribution in [2.24, 2.45) is 0 Å². The number of fused-ring (bicyclic) bond motifs is 7. The molecular weight excluding hydrogens is 669 g/mol. The second kappa shape index (κ2) is 12.4. The summed E-state index contributed by atoms with van der Waals surface area (Å²) >= 11 is 0. The molecule has 0 aliphatic heterocycles. The lowest BCUT2D eigenvalue weighted by molar-refractivity contribution is 0.757. The summed E-state index contributed by atoms with van der Waals surface area (Å²) in [7, 11) is 0. The number of hydrogen-bond donors (Lipinski definition) is 0. The van der Waals surface area contributed by atoms with Crippen LogP contribution in [0, 0.1) is 0 Å². The van der Waals surface area contributed by atoms with Crippen molar-refractivity contribution in [3.8, 4) is 44.8 Å². The van der Waals surface area contributed by atoms with Crippen LogP contribution in [0.3, 0.4) is 0 Å². The van der Waals surface area contributed by atoms with Gasteiger partial charge in [0.25, 0.3) is 0 Å². The third-order valence-electron chi connectivity index (χ3n) is 11.3. The van der Waals surface area contributed by atoms with Gasteiger partial charge in [-0.1, -0.05) is 127 Å². The van der Waals surface area contributed by atoms with E-state index in [1.165, 1.54) is 33.0 Å². The monoisotopic (exact) mass is 700 g/mol. The van der Waals surface area contributed by atoms with Crippen LogP contribution in [0.1, 0.15) is 22.3 Å². The average molecular weight is 701 g/mol. The van der Waals surface area contributed by atoms with Gasteiger partial charge in [-0.05, 0) is 97.7 Å². The third-order valence-corrected chi connectivity index (χ3v) is 11.3. The van der Waals surface area contributed by atoms with E-state index in [2.05, 4.69) is 168 Å². The SMILES string of the molecule is c1cc(-c2ccc3c(c2)C(c2cccnc2)(c2cccnc2)c2ccccc2-3)cc(-c2ccc3ccc4ccc(-c5ccc6ccccc6c5)nc4c3n2)c1. The van der Waals surface area contributed by atoms with Crippen LogP contribution in [0.2, 0.25) is 0 Å². The lowest BCUT2D eigenvalue weighted by Crippen LogP contribution is -2.29. The molecule has 6 aromatic carbocycles. The Kier molecular flexibility index (Phi) is 7.04. The highest BCUT2D eigenvalue weighted by Crippen LogP contribution is 2.56. The molecule has 0 saturated carbocycles. The van der Waals surface area contributed by atoms with Gasteiger partial charge in [0.2, 0.25) is 0 Å². The molecular formula is C51H32N4. The molecule has 0 bridgehead atoms. The Morgan fingerprint density at radius 2 is 0.909 bits per heavy atom. The van der Waals surface area contributed by atoms with Crippen molar-refractivity contribution < 1.29 is 0 Å². The average Bonchev–Trinajstić information content (AvgIpc) is 3.57. The molecule has 4 aromatic heterocycles. The summed E-state index contributed by atoms with van der Waals surface area (Å²) in [6, 6.07) is 60.6. The van der Waals surface area contributed by atoms with Crippen LogP contribution in [0.15, 0.2) is 195 Å². The molecule has 0 atom stereocenters. The predicted molar refractivity (Wildman–Crippen MR) is 224 cm³/mol. The fourth-order valence-electron chi connectivity index (χ4n) is 8.71. The molecule has 0 saturated heterocycles. The Hall–Kier alpha value is -7.30. The molecule has 0 radical (unpaired) electrons. The normalized spacial score (nSPS) is 12.9. The zero-order valence-electron chi connectivity index (χ0n) is 29.8. The molecule has 10 aromatic rings. The Balaban J connectivity index is 1.04. The molecule has 4 heterocycles. The smallest absolute Gasteiger partial charge is 0.0972 e. The standard InChI is InChI=1S/C51H32N4/c1-2-9-36-28-40(19-16-33(36)8-1)48-25-22-35-18-17-34-21-24-47(54-49(34)50(35)55-48)39-11-5-10-37(29-39)38-20-23-44-43-14-3-4-15-45(43)51(46(44)30-38,41-12-6-26-52-31-41)42-13-7-27-53-32-42/h1-32H. The van der Waals surface area contributed by atoms with Crippen LogP contribution in [-0.2, 0) is 5.41 Å². The number of hydrogen-bond acceptors (Lipinski definition) is 4. The fraction of sp³-hybridized carbons (Fsp3) is 0.0196. The maximum Gasteiger partial charge on any atom is 0.0972 e. The number of pyridine rings is 4. The van der Waals surface area contributed by atoms with Gasteiger partial charge in [-0.3, -0.25) is 9.97 Å². The molecule has 4 nitrogen and oxygen atoms in total. The van der Waals surface area contributed by atoms with Gasteiger partial charge in [0.05, 0.1) is 27.8 Å². The minimum atomic E-state index is -0.568. The zero-order valence-corrected chi connectivity index (χ0v) is 29.8. The van der Waals surface area contributed by atoms with E-state index in [1.807, 2.05) is 36.9 Å². The third kappa shape index (κ3) is 4.92. The van der Waals surface area contributed by atoms with Gasteiger partial charge in [-0.15, -0.1) is 0 Å². The van der Waals surface area contributed by atoms with Crippen molar-refractivity contribution in [2.75, 3.05) is 0 Å². The molecule has 0 fully saturated rings. The van der Waals surface area contributed by atoms with E-state index in [4.69, 9.17) is 9.97 Å². The molecule has 0 unspecified atom stereocenters. The Morgan fingerprint density at radius 3 is 1.62 bits per heavy atom. The predicted octanol–water partition coefficient (Wildman–Crippen LogP) is 12.1. The lowest BCUT2D eigenvalue weighted by Gasteiger charge is -2.33. The highest BCUT2D eigenvalue weighted by atomic mass is 14.8. The van der Waals surface area contributed by atoms with E-state index in [1.54, 1.807) is 0 Å². The summed E-state index contributed by atoms with van der Waals surface area (Å²) in [5.74, 6) is 0. The van der Waals surface area contributed by atoms with E-state index in [-0.39, 0.29) is 0 Å². The van der Waals surface area contributed by atoms with Crippen molar-refractivity contribution in [1.29, 1.82) is 0 Å². The van der Waals surface area contributed by atoms with E-state index < -0.39 is 5.41 Å². The Bertz CT molecular complexity index is 3060. The maximum atomic E-state index is 5.30. The topological polar surface area (TPSA) is 51.6 Å². The summed E-state index contributed by atoms with van der Waals surface area (Å²) < 4.78 is 0. The van der Waals surface area contributed by atoms with Gasteiger partial charge >= 0.3 is 0 Å². The van der Waals surface area contributed by atoms with Crippen LogP contribution in [0.25, 0.3) is 77.3 Å². The Labute approximate surface area is 318 Å². The number of rotatable bonds is 5. The molecule has 11 rings (SSSR count). The molecule has 1 aliphatic carbocycles. The second-order valence-electron chi connectivity index (χ2n) is 14.3. The Morgan fingerprint density at radius 1 is 0.345 bits per heavy atom. The first-order valence-corrected chi connectivity index (χ1v) is 18.6. The van der Waals surface area contributed by atoms with Crippen molar-refractivity contribution in [2.45, 2.75) is 5.41 Å². The van der Waals surface area contributed by atoms with Gasteiger partial charge in [0.1, 0.15) is 0 Å². The molecule has 55 heavy (non-hydrogen) atoms. The van der Waals surface area contributed by atoms with Crippen LogP contribution < -0.4 is 0 Å². The van der Waals surface area contributed by atoms with Crippen LogP contribution in [0.4, 0.5) is 0 Å². The minimum absolute atomic E-state index is 0.568. The first kappa shape index (κ1) is 31.2. The van der Waals surface area contributed by atoms with E-state index in [9.17, 15) is 0 Å². The first-order chi connectivity index (χ1) is 27.2. The van der Waals surface area contributed by atoms with Gasteiger partial charge in [-0.25, -0.2) is 9.97 Å². The molecule has 256 valence electrons. The van der Waals surface area contributed by atoms with Crippen LogP contribution >= 0.6 is 0 Å². The zero-order chi connectivity index (χ0) is 36.3. The van der Waals surface area contributed by atoms with Gasteiger partial charge in [-0.2, -0.15) is 0 Å². The highest BCUT2D eigenvalue weighted by Gasteiger charge is 2.46. The number of aromatic nitrogens is 4. The summed E-state index contributed by atoms with van der Waals surface area (Å²) in [6.07, 6.45) is 7.68. The summed E-state index contributed by atoms with van der Waals surface area (Å²) in [5.41, 5.74) is 14.6. The molecule has 0 N–H and O–H groups in total. The lowest BCUT2D eigenvalue weighted by atomic mass is 9.68. The summed E-state index contributed by atoms with van der Waals surface area (Å²) in [5, 5.41) is 4.56. The van der Waals surface area contributed by atoms with Crippen LogP contribution in [-0.4, -0.2) is 19.9 Å². The summed E-state index contributed by atoms with van der Waals surface area (Å²) in [6.45, 7) is 0. The largest absolute Gasteiger partial charge is 0.264 e. The first-order valence-electron chi connectivity index (χ1n) is 18.6. The van der Waals surface area contributed by atoms with E-state index in [0.717, 1.165) is 66.6 Å².